The van der Waals surface area contributed by atoms with Crippen molar-refractivity contribution in [3.05, 3.63) is 59.2 Å². The minimum absolute atomic E-state index is 0.305. The van der Waals surface area contributed by atoms with Gasteiger partial charge in [0.05, 0.1) is 36.3 Å². The molecule has 1 aliphatic heterocycles. The zero-order valence-corrected chi connectivity index (χ0v) is 23.4. The highest BCUT2D eigenvalue weighted by molar-refractivity contribution is 7.99. The van der Waals surface area contributed by atoms with Crippen LogP contribution in [0.25, 0.3) is 10.9 Å². The fourth-order valence-electron chi connectivity index (χ4n) is 5.14. The fraction of sp³-hybridized carbons (Fsp3) is 0.448. The first kappa shape index (κ1) is 28.5. The number of aromatic nitrogens is 1. The highest BCUT2D eigenvalue weighted by atomic mass is 35.5. The van der Waals surface area contributed by atoms with E-state index in [1.54, 1.807) is 26.0 Å². The Kier molecular flexibility index (Phi) is 9.76. The molecule has 2 aromatic carbocycles. The molecule has 1 aliphatic rings. The monoisotopic (exact) mass is 558 g/mol. The van der Waals surface area contributed by atoms with E-state index in [1.807, 2.05) is 36.4 Å². The Balaban J connectivity index is 1.32. The lowest BCUT2D eigenvalue weighted by molar-refractivity contribution is -0.153. The second-order valence-electron chi connectivity index (χ2n) is 9.77. The van der Waals surface area contributed by atoms with Crippen LogP contribution in [0.15, 0.2) is 53.6 Å². The molecule has 1 aromatic heterocycles. The number of pyridine rings is 1. The van der Waals surface area contributed by atoms with Gasteiger partial charge in [-0.05, 0) is 93.9 Å². The average Bonchev–Trinajstić information content (AvgIpc) is 2.94. The Morgan fingerprint density at radius 3 is 2.61 bits per heavy atom. The van der Waals surface area contributed by atoms with Crippen molar-refractivity contribution in [2.75, 3.05) is 39.6 Å². The highest BCUT2D eigenvalue weighted by Gasteiger charge is 2.41. The molecular weight excluding hydrogens is 524 g/mol. The number of hydrogen-bond donors (Lipinski definition) is 2. The standard InChI is InChI=1S/C29H35ClN2O5S/c1-36-20-5-3-6-22(17-20)38-16-4-13-32-14-11-29(12-15-32,28(34)35)10-9-26(33)27-23-18-21(37-2)7-8-25(23)31-19-24(27)30/h3,5-8,17-19,26,33H,4,9-16H2,1-2H3,(H,34,35)/t26-/m0/s1. The summed E-state index contributed by atoms with van der Waals surface area (Å²) < 4.78 is 10.6. The molecule has 1 atom stereocenters. The number of carbonyl (C=O) groups is 1. The third kappa shape index (κ3) is 6.72. The Morgan fingerprint density at radius 2 is 1.89 bits per heavy atom. The first-order chi connectivity index (χ1) is 18.3. The number of halogens is 1. The molecule has 1 fully saturated rings. The van der Waals surface area contributed by atoms with Gasteiger partial charge in [-0.2, -0.15) is 0 Å². The molecule has 0 amide bonds. The summed E-state index contributed by atoms with van der Waals surface area (Å²) in [6.45, 7) is 2.42. The summed E-state index contributed by atoms with van der Waals surface area (Å²) in [6, 6.07) is 13.5. The van der Waals surface area contributed by atoms with Gasteiger partial charge in [-0.15, -0.1) is 11.8 Å². The third-order valence-electron chi connectivity index (χ3n) is 7.49. The number of thioether (sulfide) groups is 1. The molecule has 204 valence electrons. The van der Waals surface area contributed by atoms with Gasteiger partial charge in [0.25, 0.3) is 0 Å². The number of likely N-dealkylation sites (tertiary alicyclic amines) is 1. The lowest BCUT2D eigenvalue weighted by Crippen LogP contribution is -2.44. The van der Waals surface area contributed by atoms with E-state index < -0.39 is 17.5 Å². The molecule has 2 N–H and O–H groups in total. The predicted octanol–water partition coefficient (Wildman–Crippen LogP) is 6.07. The minimum Gasteiger partial charge on any atom is -0.497 e. The number of ether oxygens (including phenoxy) is 2. The number of carboxylic acids is 1. The second kappa shape index (κ2) is 13.0. The molecule has 0 radical (unpaired) electrons. The Labute approximate surface area is 233 Å². The van der Waals surface area contributed by atoms with E-state index in [0.717, 1.165) is 42.9 Å². The summed E-state index contributed by atoms with van der Waals surface area (Å²) in [5.74, 6) is 1.71. The van der Waals surface area contributed by atoms with Crippen molar-refractivity contribution in [3.8, 4) is 11.5 Å². The van der Waals surface area contributed by atoms with Gasteiger partial charge in [-0.25, -0.2) is 0 Å². The molecular formula is C29H35ClN2O5S. The van der Waals surface area contributed by atoms with Crippen LogP contribution in [0.1, 0.15) is 43.8 Å². The SMILES string of the molecule is COc1cccc(SCCCN2CCC(CC[C@H](O)c3c(Cl)cnc4ccc(OC)cc34)(C(=O)O)CC2)c1. The van der Waals surface area contributed by atoms with Crippen molar-refractivity contribution in [2.45, 2.75) is 43.1 Å². The number of piperidine rings is 1. The van der Waals surface area contributed by atoms with E-state index >= 15 is 0 Å². The van der Waals surface area contributed by atoms with E-state index in [9.17, 15) is 15.0 Å². The molecule has 9 heteroatoms. The predicted molar refractivity (Wildman–Crippen MR) is 152 cm³/mol. The highest BCUT2D eigenvalue weighted by Crippen LogP contribution is 2.41. The van der Waals surface area contributed by atoms with Gasteiger partial charge in [0.1, 0.15) is 11.5 Å². The lowest BCUT2D eigenvalue weighted by Gasteiger charge is -2.39. The number of benzene rings is 2. The van der Waals surface area contributed by atoms with E-state index in [2.05, 4.69) is 16.0 Å². The zero-order valence-electron chi connectivity index (χ0n) is 21.9. The van der Waals surface area contributed by atoms with Crippen molar-refractivity contribution < 1.29 is 24.5 Å². The van der Waals surface area contributed by atoms with Crippen LogP contribution in [-0.2, 0) is 4.79 Å². The van der Waals surface area contributed by atoms with Crippen LogP contribution < -0.4 is 9.47 Å². The van der Waals surface area contributed by atoms with E-state index in [0.29, 0.717) is 47.5 Å². The van der Waals surface area contributed by atoms with Crippen molar-refractivity contribution >= 4 is 40.2 Å². The van der Waals surface area contributed by atoms with Crippen molar-refractivity contribution in [3.63, 3.8) is 0 Å². The quantitative estimate of drug-likeness (QED) is 0.204. The molecule has 1 saturated heterocycles. The molecule has 0 aliphatic carbocycles. The fourth-order valence-corrected chi connectivity index (χ4v) is 6.30. The smallest absolute Gasteiger partial charge is 0.309 e. The van der Waals surface area contributed by atoms with Crippen molar-refractivity contribution in [1.82, 2.24) is 9.88 Å². The van der Waals surface area contributed by atoms with Crippen molar-refractivity contribution in [2.24, 2.45) is 5.41 Å². The molecule has 4 rings (SSSR count). The molecule has 0 bridgehead atoms. The summed E-state index contributed by atoms with van der Waals surface area (Å²) in [4.78, 5) is 20.3. The van der Waals surface area contributed by atoms with E-state index in [-0.39, 0.29) is 0 Å². The van der Waals surface area contributed by atoms with Gasteiger partial charge < -0.3 is 24.6 Å². The topological polar surface area (TPSA) is 92.1 Å². The Bertz CT molecular complexity index is 1250. The molecule has 0 saturated carbocycles. The number of rotatable bonds is 12. The summed E-state index contributed by atoms with van der Waals surface area (Å²) in [6.07, 6.45) is 3.48. The molecule has 0 unspecified atom stereocenters. The molecule has 2 heterocycles. The van der Waals surface area contributed by atoms with E-state index in [1.165, 1.54) is 11.1 Å². The number of carboxylic acid groups (broad SMARTS) is 1. The Hall–Kier alpha value is -2.52. The van der Waals surface area contributed by atoms with Crippen LogP contribution in [0.4, 0.5) is 0 Å². The summed E-state index contributed by atoms with van der Waals surface area (Å²) >= 11 is 8.26. The van der Waals surface area contributed by atoms with Crippen LogP contribution in [0.2, 0.25) is 5.02 Å². The second-order valence-corrected chi connectivity index (χ2v) is 11.3. The van der Waals surface area contributed by atoms with Gasteiger partial charge in [-0.3, -0.25) is 9.78 Å². The summed E-state index contributed by atoms with van der Waals surface area (Å²) in [7, 11) is 3.25. The molecule has 7 nitrogen and oxygen atoms in total. The number of hydrogen-bond acceptors (Lipinski definition) is 7. The normalized spacial score (nSPS) is 16.3. The Morgan fingerprint density at radius 1 is 1.16 bits per heavy atom. The number of aliphatic hydroxyl groups is 1. The largest absolute Gasteiger partial charge is 0.497 e. The van der Waals surface area contributed by atoms with Crippen LogP contribution >= 0.6 is 23.4 Å². The summed E-state index contributed by atoms with van der Waals surface area (Å²) in [5.41, 5.74) is 0.428. The van der Waals surface area contributed by atoms with Gasteiger partial charge >= 0.3 is 5.97 Å². The maximum atomic E-state index is 12.4. The summed E-state index contributed by atoms with van der Waals surface area (Å²) in [5, 5.41) is 22.4. The van der Waals surface area contributed by atoms with Gasteiger partial charge in [0.15, 0.2) is 0 Å². The van der Waals surface area contributed by atoms with Gasteiger partial charge in [-0.1, -0.05) is 17.7 Å². The van der Waals surface area contributed by atoms with E-state index in [4.69, 9.17) is 21.1 Å². The van der Waals surface area contributed by atoms with Gasteiger partial charge in [0, 0.05) is 22.0 Å². The van der Waals surface area contributed by atoms with Crippen LogP contribution in [-0.4, -0.2) is 65.7 Å². The van der Waals surface area contributed by atoms with Crippen molar-refractivity contribution in [1.29, 1.82) is 0 Å². The number of aliphatic hydroxyl groups excluding tert-OH is 1. The first-order valence-electron chi connectivity index (χ1n) is 12.9. The third-order valence-corrected chi connectivity index (χ3v) is 8.87. The molecule has 38 heavy (non-hydrogen) atoms. The maximum Gasteiger partial charge on any atom is 0.309 e. The first-order valence-corrected chi connectivity index (χ1v) is 14.2. The minimum atomic E-state index is -0.900. The maximum absolute atomic E-state index is 12.4. The van der Waals surface area contributed by atoms with Gasteiger partial charge in [0.2, 0.25) is 0 Å². The molecule has 0 spiro atoms. The number of nitrogens with zero attached hydrogens (tertiary/aromatic N) is 2. The number of aliphatic carboxylic acids is 1. The van der Waals surface area contributed by atoms with Crippen LogP contribution in [0.3, 0.4) is 0 Å². The number of methoxy groups -OCH3 is 2. The number of fused-ring (bicyclic) bond motifs is 1. The molecule has 3 aromatic rings. The van der Waals surface area contributed by atoms with Crippen LogP contribution in [0.5, 0.6) is 11.5 Å². The van der Waals surface area contributed by atoms with Crippen LogP contribution in [0, 0.1) is 5.41 Å². The lowest BCUT2D eigenvalue weighted by atomic mass is 9.74. The zero-order chi connectivity index (χ0) is 27.1. The average molecular weight is 559 g/mol.